The van der Waals surface area contributed by atoms with Gasteiger partial charge in [0.1, 0.15) is 17.6 Å². The number of benzene rings is 2. The Bertz CT molecular complexity index is 752. The second kappa shape index (κ2) is 6.02. The van der Waals surface area contributed by atoms with E-state index in [1.807, 2.05) is 0 Å². The summed E-state index contributed by atoms with van der Waals surface area (Å²) in [4.78, 5) is 12.4. The molecule has 106 valence electrons. The van der Waals surface area contributed by atoms with Gasteiger partial charge in [0.05, 0.1) is 11.1 Å². The maximum atomic E-state index is 14.0. The Morgan fingerprint density at radius 2 is 2.00 bits per heavy atom. The van der Waals surface area contributed by atoms with Crippen LogP contribution in [-0.2, 0) is 0 Å². The minimum Gasteiger partial charge on any atom is -0.292 e. The van der Waals surface area contributed by atoms with Crippen molar-refractivity contribution >= 4 is 17.4 Å². The molecule has 0 spiro atoms. The SMILES string of the molecule is Cc1cc(F)ccc1C(=O)C(C#N)c1cccc(Cl)c1F. The number of Topliss-reactive ketones (excluding diaryl/α,β-unsaturated/α-hetero) is 1. The molecule has 0 saturated carbocycles. The second-order valence-electron chi connectivity index (χ2n) is 4.53. The summed E-state index contributed by atoms with van der Waals surface area (Å²) in [7, 11) is 0. The molecule has 0 saturated heterocycles. The zero-order valence-corrected chi connectivity index (χ0v) is 11.8. The molecule has 0 bridgehead atoms. The van der Waals surface area contributed by atoms with Gasteiger partial charge in [-0.1, -0.05) is 23.7 Å². The summed E-state index contributed by atoms with van der Waals surface area (Å²) in [5.41, 5.74) is 0.490. The van der Waals surface area contributed by atoms with Crippen molar-refractivity contribution in [1.82, 2.24) is 0 Å². The van der Waals surface area contributed by atoms with Gasteiger partial charge in [-0.25, -0.2) is 8.78 Å². The fourth-order valence-corrected chi connectivity index (χ4v) is 2.25. The van der Waals surface area contributed by atoms with Crippen molar-refractivity contribution < 1.29 is 13.6 Å². The number of rotatable bonds is 3. The van der Waals surface area contributed by atoms with Gasteiger partial charge in [0.2, 0.25) is 0 Å². The number of carbonyl (C=O) groups is 1. The number of nitrogens with zero attached hydrogens (tertiary/aromatic N) is 1. The maximum absolute atomic E-state index is 14.0. The quantitative estimate of drug-likeness (QED) is 0.788. The highest BCUT2D eigenvalue weighted by Crippen LogP contribution is 2.28. The van der Waals surface area contributed by atoms with Crippen LogP contribution in [0.15, 0.2) is 36.4 Å². The van der Waals surface area contributed by atoms with Crippen molar-refractivity contribution in [2.45, 2.75) is 12.8 Å². The van der Waals surface area contributed by atoms with Crippen LogP contribution < -0.4 is 0 Å². The van der Waals surface area contributed by atoms with Gasteiger partial charge in [0.15, 0.2) is 5.78 Å². The fourth-order valence-electron chi connectivity index (χ4n) is 2.07. The summed E-state index contributed by atoms with van der Waals surface area (Å²) in [6.07, 6.45) is 0. The van der Waals surface area contributed by atoms with Crippen LogP contribution in [0.2, 0.25) is 5.02 Å². The van der Waals surface area contributed by atoms with E-state index in [0.717, 1.165) is 6.07 Å². The van der Waals surface area contributed by atoms with Gasteiger partial charge >= 0.3 is 0 Å². The van der Waals surface area contributed by atoms with E-state index in [1.54, 1.807) is 13.0 Å². The summed E-state index contributed by atoms with van der Waals surface area (Å²) in [5, 5.41) is 9.06. The first-order valence-electron chi connectivity index (χ1n) is 6.09. The van der Waals surface area contributed by atoms with Gasteiger partial charge in [-0.3, -0.25) is 4.79 Å². The van der Waals surface area contributed by atoms with Crippen molar-refractivity contribution in [1.29, 1.82) is 5.26 Å². The van der Waals surface area contributed by atoms with Gasteiger partial charge in [0, 0.05) is 11.1 Å². The Labute approximate surface area is 125 Å². The van der Waals surface area contributed by atoms with Crippen molar-refractivity contribution in [2.24, 2.45) is 0 Å². The molecular weight excluding hydrogens is 296 g/mol. The lowest BCUT2D eigenvalue weighted by Gasteiger charge is -2.12. The second-order valence-corrected chi connectivity index (χ2v) is 4.94. The highest BCUT2D eigenvalue weighted by Gasteiger charge is 2.26. The minimum atomic E-state index is -1.33. The Kier molecular flexibility index (Phi) is 4.35. The van der Waals surface area contributed by atoms with Gasteiger partial charge < -0.3 is 0 Å². The summed E-state index contributed by atoms with van der Waals surface area (Å²) in [6.45, 7) is 1.55. The molecule has 2 nitrogen and oxygen atoms in total. The normalized spacial score (nSPS) is 11.8. The number of halogens is 3. The number of carbonyl (C=O) groups excluding carboxylic acids is 1. The van der Waals surface area contributed by atoms with Crippen LogP contribution in [0, 0.1) is 29.9 Å². The molecule has 2 aromatic carbocycles. The number of ketones is 1. The molecule has 0 heterocycles. The zero-order chi connectivity index (χ0) is 15.6. The third kappa shape index (κ3) is 2.93. The van der Waals surface area contributed by atoms with Crippen LogP contribution in [0.3, 0.4) is 0 Å². The molecule has 0 aliphatic rings. The van der Waals surface area contributed by atoms with E-state index in [0.29, 0.717) is 5.56 Å². The molecule has 0 fully saturated rings. The van der Waals surface area contributed by atoms with Crippen molar-refractivity contribution in [2.75, 3.05) is 0 Å². The molecule has 2 rings (SSSR count). The average molecular weight is 306 g/mol. The molecule has 0 N–H and O–H groups in total. The summed E-state index contributed by atoms with van der Waals surface area (Å²) in [6, 6.07) is 9.54. The summed E-state index contributed by atoms with van der Waals surface area (Å²) in [5.74, 6) is -3.19. The summed E-state index contributed by atoms with van der Waals surface area (Å²) < 4.78 is 27.1. The van der Waals surface area contributed by atoms with Gasteiger partial charge in [-0.15, -0.1) is 0 Å². The lowest BCUT2D eigenvalue weighted by atomic mass is 9.89. The first-order valence-corrected chi connectivity index (χ1v) is 6.47. The first-order chi connectivity index (χ1) is 9.95. The van der Waals surface area contributed by atoms with Crippen LogP contribution in [0.25, 0.3) is 0 Å². The lowest BCUT2D eigenvalue weighted by molar-refractivity contribution is 0.0977. The first kappa shape index (κ1) is 15.1. The van der Waals surface area contributed by atoms with E-state index in [4.69, 9.17) is 11.6 Å². The zero-order valence-electron chi connectivity index (χ0n) is 11.0. The molecule has 0 aliphatic heterocycles. The number of nitriles is 1. The van der Waals surface area contributed by atoms with Crippen molar-refractivity contribution in [3.8, 4) is 6.07 Å². The van der Waals surface area contributed by atoms with E-state index in [9.17, 15) is 18.8 Å². The molecule has 1 unspecified atom stereocenters. The van der Waals surface area contributed by atoms with E-state index in [2.05, 4.69) is 0 Å². The molecule has 2 aromatic rings. The topological polar surface area (TPSA) is 40.9 Å². The van der Waals surface area contributed by atoms with Gasteiger partial charge in [-0.05, 0) is 36.8 Å². The standard InChI is InChI=1S/C16H10ClF2NO/c1-9-7-10(18)5-6-11(9)16(21)13(8-20)12-3-2-4-14(17)15(12)19/h2-7,13H,1H3. The van der Waals surface area contributed by atoms with Crippen molar-refractivity contribution in [3.63, 3.8) is 0 Å². The van der Waals surface area contributed by atoms with Crippen LogP contribution in [0.5, 0.6) is 0 Å². The average Bonchev–Trinajstić information content (AvgIpc) is 2.44. The van der Waals surface area contributed by atoms with E-state index < -0.39 is 23.3 Å². The highest BCUT2D eigenvalue weighted by atomic mass is 35.5. The third-order valence-corrected chi connectivity index (χ3v) is 3.43. The van der Waals surface area contributed by atoms with Crippen LogP contribution >= 0.6 is 11.6 Å². The molecule has 21 heavy (non-hydrogen) atoms. The lowest BCUT2D eigenvalue weighted by Crippen LogP contribution is -2.14. The number of aryl methyl sites for hydroxylation is 1. The molecule has 0 aliphatic carbocycles. The van der Waals surface area contributed by atoms with E-state index in [1.165, 1.54) is 30.3 Å². The van der Waals surface area contributed by atoms with Crippen LogP contribution in [0.4, 0.5) is 8.78 Å². The molecule has 1 atom stereocenters. The fraction of sp³-hybridized carbons (Fsp3) is 0.125. The monoisotopic (exact) mass is 305 g/mol. The highest BCUT2D eigenvalue weighted by molar-refractivity contribution is 6.30. The largest absolute Gasteiger partial charge is 0.292 e. The minimum absolute atomic E-state index is 0.0845. The van der Waals surface area contributed by atoms with Gasteiger partial charge in [-0.2, -0.15) is 5.26 Å². The smallest absolute Gasteiger partial charge is 0.184 e. The predicted molar refractivity (Wildman–Crippen MR) is 75.2 cm³/mol. The van der Waals surface area contributed by atoms with Crippen LogP contribution in [0.1, 0.15) is 27.4 Å². The van der Waals surface area contributed by atoms with E-state index >= 15 is 0 Å². The number of hydrogen-bond donors (Lipinski definition) is 0. The molecular formula is C16H10ClF2NO. The van der Waals surface area contributed by atoms with Crippen LogP contribution in [-0.4, -0.2) is 5.78 Å². The van der Waals surface area contributed by atoms with Crippen molar-refractivity contribution in [3.05, 3.63) is 69.7 Å². The molecule has 0 radical (unpaired) electrons. The Morgan fingerprint density at radius 1 is 1.29 bits per heavy atom. The Hall–Kier alpha value is -2.25. The third-order valence-electron chi connectivity index (χ3n) is 3.14. The Balaban J connectivity index is 2.49. The predicted octanol–water partition coefficient (Wildman–Crippen LogP) is 4.42. The van der Waals surface area contributed by atoms with Gasteiger partial charge in [0.25, 0.3) is 0 Å². The maximum Gasteiger partial charge on any atom is 0.184 e. The summed E-state index contributed by atoms with van der Waals surface area (Å²) >= 11 is 5.67. The molecule has 0 aromatic heterocycles. The number of hydrogen-bond acceptors (Lipinski definition) is 2. The Morgan fingerprint density at radius 3 is 2.62 bits per heavy atom. The molecule has 0 amide bonds. The molecule has 5 heteroatoms. The van der Waals surface area contributed by atoms with E-state index in [-0.39, 0.29) is 16.1 Å².